The van der Waals surface area contributed by atoms with Crippen molar-refractivity contribution in [3.05, 3.63) is 95.8 Å². The molecule has 0 spiro atoms. The first-order chi connectivity index (χ1) is 17.1. The minimum atomic E-state index is -4.88. The number of hydrogen-bond donors (Lipinski definition) is 2. The van der Waals surface area contributed by atoms with Crippen LogP contribution in [0, 0.1) is 5.82 Å². The lowest BCUT2D eigenvalue weighted by Crippen LogP contribution is -2.19. The van der Waals surface area contributed by atoms with Gasteiger partial charge in [-0.05, 0) is 24.3 Å². The van der Waals surface area contributed by atoms with Gasteiger partial charge in [-0.1, -0.05) is 36.4 Å². The molecule has 3 N–H and O–H groups in total. The summed E-state index contributed by atoms with van der Waals surface area (Å²) < 4.78 is 55.7. The Morgan fingerprint density at radius 2 is 1.69 bits per heavy atom. The van der Waals surface area contributed by atoms with Crippen molar-refractivity contribution in [1.29, 1.82) is 0 Å². The third-order valence-corrected chi connectivity index (χ3v) is 5.06. The number of aromatic nitrogens is 3. The summed E-state index contributed by atoms with van der Waals surface area (Å²) in [6, 6.07) is 13.9. The minimum absolute atomic E-state index is 0.0538. The Balaban J connectivity index is 1.77. The molecule has 0 aliphatic carbocycles. The van der Waals surface area contributed by atoms with Crippen LogP contribution in [-0.2, 0) is 17.4 Å². The largest absolute Gasteiger partial charge is 0.417 e. The number of benzene rings is 2. The van der Waals surface area contributed by atoms with Crippen LogP contribution < -0.4 is 11.1 Å². The molecule has 2 heterocycles. The summed E-state index contributed by atoms with van der Waals surface area (Å²) in [7, 11) is 0. The molecule has 2 aromatic heterocycles. The third kappa shape index (κ3) is 5.35. The van der Waals surface area contributed by atoms with Crippen molar-refractivity contribution in [2.45, 2.75) is 12.6 Å². The van der Waals surface area contributed by atoms with Crippen molar-refractivity contribution in [2.75, 3.05) is 5.32 Å². The van der Waals surface area contributed by atoms with Crippen LogP contribution in [0.1, 0.15) is 21.7 Å². The molecule has 36 heavy (non-hydrogen) atoms. The molecule has 0 saturated heterocycles. The normalized spacial score (nSPS) is 11.2. The van der Waals surface area contributed by atoms with Gasteiger partial charge in [-0.25, -0.2) is 14.4 Å². The summed E-state index contributed by atoms with van der Waals surface area (Å²) in [5.74, 6) is -2.97. The molecule has 0 radical (unpaired) electrons. The molecule has 182 valence electrons. The SMILES string of the molecule is NC(=O)Cc1ncc(NC(=O)c2cc(-c3ccccn3)c(C(F)(F)F)cc2F)c(-c2ccccc2)n1. The number of carbonyl (C=O) groups excluding carboxylic acids is 2. The number of nitrogens with one attached hydrogen (secondary N) is 1. The molecule has 0 bridgehead atoms. The number of nitrogens with zero attached hydrogens (tertiary/aromatic N) is 3. The number of alkyl halides is 3. The molecular weight excluding hydrogens is 478 g/mol. The number of halogens is 4. The highest BCUT2D eigenvalue weighted by atomic mass is 19.4. The highest BCUT2D eigenvalue weighted by Crippen LogP contribution is 2.38. The summed E-state index contributed by atoms with van der Waals surface area (Å²) in [4.78, 5) is 36.5. The molecule has 2 aromatic carbocycles. The number of nitrogens with two attached hydrogens (primary N) is 1. The van der Waals surface area contributed by atoms with Gasteiger partial charge in [0.1, 0.15) is 11.6 Å². The second-order valence-electron chi connectivity index (χ2n) is 7.60. The fourth-order valence-corrected chi connectivity index (χ4v) is 3.47. The van der Waals surface area contributed by atoms with Crippen molar-refractivity contribution >= 4 is 17.5 Å². The van der Waals surface area contributed by atoms with Gasteiger partial charge >= 0.3 is 6.18 Å². The maximum atomic E-state index is 14.8. The van der Waals surface area contributed by atoms with Gasteiger partial charge in [0.25, 0.3) is 5.91 Å². The summed E-state index contributed by atoms with van der Waals surface area (Å²) in [5.41, 5.74) is 3.59. The number of hydrogen-bond acceptors (Lipinski definition) is 5. The average Bonchev–Trinajstić information content (AvgIpc) is 2.85. The van der Waals surface area contributed by atoms with Crippen LogP contribution in [0.2, 0.25) is 0 Å². The molecule has 0 aliphatic rings. The molecule has 7 nitrogen and oxygen atoms in total. The van der Waals surface area contributed by atoms with Gasteiger partial charge in [-0.15, -0.1) is 0 Å². The Morgan fingerprint density at radius 1 is 0.972 bits per heavy atom. The lowest BCUT2D eigenvalue weighted by molar-refractivity contribution is -0.137. The average molecular weight is 495 g/mol. The lowest BCUT2D eigenvalue weighted by atomic mass is 9.99. The number of anilines is 1. The van der Waals surface area contributed by atoms with E-state index in [0.717, 1.165) is 6.07 Å². The molecule has 4 rings (SSSR count). The van der Waals surface area contributed by atoms with Crippen molar-refractivity contribution < 1.29 is 27.2 Å². The van der Waals surface area contributed by atoms with E-state index in [1.165, 1.54) is 30.6 Å². The van der Waals surface area contributed by atoms with Crippen LogP contribution in [0.15, 0.2) is 73.1 Å². The number of rotatable bonds is 6. The van der Waals surface area contributed by atoms with E-state index < -0.39 is 40.5 Å². The van der Waals surface area contributed by atoms with E-state index in [4.69, 9.17) is 5.73 Å². The second kappa shape index (κ2) is 9.90. The van der Waals surface area contributed by atoms with Crippen LogP contribution in [0.3, 0.4) is 0 Å². The molecular formula is C25H17F4N5O2. The van der Waals surface area contributed by atoms with Gasteiger partial charge in [-0.3, -0.25) is 14.6 Å². The molecule has 4 aromatic rings. The van der Waals surface area contributed by atoms with E-state index in [-0.39, 0.29) is 35.4 Å². The quantitative estimate of drug-likeness (QED) is 0.379. The summed E-state index contributed by atoms with van der Waals surface area (Å²) in [6.07, 6.45) is -2.63. The number of carbonyl (C=O) groups is 2. The first-order valence-corrected chi connectivity index (χ1v) is 10.5. The predicted molar refractivity (Wildman–Crippen MR) is 123 cm³/mol. The maximum Gasteiger partial charge on any atom is 0.417 e. The second-order valence-corrected chi connectivity index (χ2v) is 7.60. The van der Waals surface area contributed by atoms with Crippen LogP contribution in [0.4, 0.5) is 23.2 Å². The van der Waals surface area contributed by atoms with E-state index in [1.807, 2.05) is 0 Å². The molecule has 0 saturated carbocycles. The van der Waals surface area contributed by atoms with Crippen molar-refractivity contribution in [1.82, 2.24) is 15.0 Å². The molecule has 2 amide bonds. The summed E-state index contributed by atoms with van der Waals surface area (Å²) in [6.45, 7) is 0. The lowest BCUT2D eigenvalue weighted by Gasteiger charge is -2.16. The molecule has 0 fully saturated rings. The highest BCUT2D eigenvalue weighted by Gasteiger charge is 2.36. The van der Waals surface area contributed by atoms with Gasteiger partial charge in [-0.2, -0.15) is 13.2 Å². The first kappa shape index (κ1) is 24.5. The Hall–Kier alpha value is -4.67. The van der Waals surface area contributed by atoms with Gasteiger partial charge in [0.15, 0.2) is 0 Å². The Morgan fingerprint density at radius 3 is 2.33 bits per heavy atom. The molecule has 0 atom stereocenters. The van der Waals surface area contributed by atoms with Crippen LogP contribution in [-0.4, -0.2) is 26.8 Å². The number of amides is 2. The predicted octanol–water partition coefficient (Wildman–Crippen LogP) is 4.64. The van der Waals surface area contributed by atoms with Crippen LogP contribution in [0.5, 0.6) is 0 Å². The fraction of sp³-hybridized carbons (Fsp3) is 0.0800. The number of primary amides is 1. The first-order valence-electron chi connectivity index (χ1n) is 10.5. The molecule has 0 aliphatic heterocycles. The topological polar surface area (TPSA) is 111 Å². The Labute approximate surface area is 202 Å². The zero-order valence-corrected chi connectivity index (χ0v) is 18.4. The van der Waals surface area contributed by atoms with Gasteiger partial charge in [0.05, 0.1) is 40.8 Å². The summed E-state index contributed by atoms with van der Waals surface area (Å²) in [5, 5.41) is 2.46. The van der Waals surface area contributed by atoms with Crippen molar-refractivity contribution in [3.63, 3.8) is 0 Å². The monoisotopic (exact) mass is 495 g/mol. The van der Waals surface area contributed by atoms with Crippen molar-refractivity contribution in [3.8, 4) is 22.5 Å². The Bertz CT molecular complexity index is 1430. The highest BCUT2D eigenvalue weighted by molar-refractivity contribution is 6.06. The van der Waals surface area contributed by atoms with Gasteiger partial charge in [0, 0.05) is 17.3 Å². The van der Waals surface area contributed by atoms with Crippen LogP contribution >= 0.6 is 0 Å². The zero-order valence-electron chi connectivity index (χ0n) is 18.4. The maximum absolute atomic E-state index is 14.8. The minimum Gasteiger partial charge on any atom is -0.369 e. The number of pyridine rings is 1. The van der Waals surface area contributed by atoms with E-state index in [0.29, 0.717) is 5.56 Å². The molecule has 11 heteroatoms. The van der Waals surface area contributed by atoms with E-state index in [2.05, 4.69) is 20.3 Å². The summed E-state index contributed by atoms with van der Waals surface area (Å²) >= 11 is 0. The smallest absolute Gasteiger partial charge is 0.369 e. The van der Waals surface area contributed by atoms with E-state index in [1.54, 1.807) is 30.3 Å². The fourth-order valence-electron chi connectivity index (χ4n) is 3.47. The van der Waals surface area contributed by atoms with Gasteiger partial charge in [0.2, 0.25) is 5.91 Å². The standard InChI is InChI=1S/C25H17F4N5O2/c26-18-11-17(25(27,28)29)15(19-8-4-5-9-31-19)10-16(18)24(36)33-20-13-32-22(12-21(30)35)34-23(20)14-6-2-1-3-7-14/h1-11,13H,12H2,(H2,30,35)(H,33,36). The molecule has 0 unspecified atom stereocenters. The Kier molecular flexibility index (Phi) is 6.73. The van der Waals surface area contributed by atoms with Crippen molar-refractivity contribution in [2.24, 2.45) is 5.73 Å². The van der Waals surface area contributed by atoms with E-state index >= 15 is 0 Å². The zero-order chi connectivity index (χ0) is 25.9. The van der Waals surface area contributed by atoms with Gasteiger partial charge < -0.3 is 11.1 Å². The van der Waals surface area contributed by atoms with E-state index in [9.17, 15) is 27.2 Å². The third-order valence-electron chi connectivity index (χ3n) is 5.06. The van der Waals surface area contributed by atoms with Crippen LogP contribution in [0.25, 0.3) is 22.5 Å².